The number of carbonyl (C=O) groups excluding carboxylic acids is 1. The van der Waals surface area contributed by atoms with Crippen LogP contribution in [0, 0.1) is 22.7 Å². The largest absolute Gasteiger partial charge is 0.394 e. The van der Waals surface area contributed by atoms with Gasteiger partial charge in [0.1, 0.15) is 28.2 Å². The summed E-state index contributed by atoms with van der Waals surface area (Å²) in [5, 5.41) is 29.3. The lowest BCUT2D eigenvalue weighted by Gasteiger charge is -2.43. The van der Waals surface area contributed by atoms with E-state index in [2.05, 4.69) is 21.9 Å². The van der Waals surface area contributed by atoms with Crippen molar-refractivity contribution in [3.05, 3.63) is 52.6 Å². The summed E-state index contributed by atoms with van der Waals surface area (Å²) in [5.41, 5.74) is 7.47. The Bertz CT molecular complexity index is 1110. The van der Waals surface area contributed by atoms with E-state index in [-0.39, 0.29) is 12.1 Å². The minimum Gasteiger partial charge on any atom is -0.394 e. The smallest absolute Gasteiger partial charge is 0.235 e. The maximum atomic E-state index is 12.3. The second-order valence-corrected chi connectivity index (χ2v) is 9.90. The third-order valence-electron chi connectivity index (χ3n) is 6.24. The third-order valence-corrected chi connectivity index (χ3v) is 7.50. The zero-order valence-corrected chi connectivity index (χ0v) is 20.6. The van der Waals surface area contributed by atoms with Crippen LogP contribution in [0.25, 0.3) is 0 Å². The molecule has 3 N–H and O–H groups in total. The molecule has 3 rings (SSSR count). The molecule has 1 atom stereocenters. The monoisotopic (exact) mass is 478 g/mol. The Labute approximate surface area is 205 Å². The summed E-state index contributed by atoms with van der Waals surface area (Å²) in [6, 6.07) is 13.6. The van der Waals surface area contributed by atoms with Crippen LogP contribution in [0.15, 0.2) is 35.4 Å². The molecule has 1 saturated heterocycles. The van der Waals surface area contributed by atoms with Crippen LogP contribution in [-0.4, -0.2) is 59.2 Å². The van der Waals surface area contributed by atoms with E-state index in [4.69, 9.17) is 10.7 Å². The summed E-state index contributed by atoms with van der Waals surface area (Å²) < 4.78 is 0. The molecule has 2 aromatic rings. The van der Waals surface area contributed by atoms with Gasteiger partial charge in [-0.2, -0.15) is 10.5 Å². The fourth-order valence-corrected chi connectivity index (χ4v) is 5.21. The van der Waals surface area contributed by atoms with E-state index in [1.165, 1.54) is 0 Å². The Hall–Kier alpha value is -3.11. The number of primary amides is 1. The standard InChI is InChI=1S/C25H30N6O2S/c1-4-18-19(14-26)23(30-10-12-31(13-11-30)25(2,3)16-32)29-24(20(18)15-27)34-21(22(28)33)17-8-6-5-7-9-17/h5-9,21,32H,4,10-13,16H2,1-3H3,(H2,28,33). The lowest BCUT2D eigenvalue weighted by molar-refractivity contribution is -0.117. The number of nitriles is 2. The summed E-state index contributed by atoms with van der Waals surface area (Å²) in [5.74, 6) is 0.00397. The Kier molecular flexibility index (Phi) is 8.16. The maximum Gasteiger partial charge on any atom is 0.235 e. The molecular formula is C25H30N6O2S. The first-order valence-electron chi connectivity index (χ1n) is 11.3. The molecule has 8 nitrogen and oxygen atoms in total. The molecule has 0 aliphatic carbocycles. The Morgan fingerprint density at radius 2 is 1.79 bits per heavy atom. The summed E-state index contributed by atoms with van der Waals surface area (Å²) in [6.45, 7) is 8.63. The molecule has 1 unspecified atom stereocenters. The lowest BCUT2D eigenvalue weighted by Crippen LogP contribution is -2.56. The minimum absolute atomic E-state index is 0.0559. The molecule has 1 aromatic carbocycles. The van der Waals surface area contributed by atoms with Gasteiger partial charge in [0.15, 0.2) is 0 Å². The van der Waals surface area contributed by atoms with Crippen molar-refractivity contribution in [2.75, 3.05) is 37.7 Å². The van der Waals surface area contributed by atoms with Gasteiger partial charge >= 0.3 is 0 Å². The first-order chi connectivity index (χ1) is 16.3. The Morgan fingerprint density at radius 3 is 2.29 bits per heavy atom. The number of nitrogens with zero attached hydrogens (tertiary/aromatic N) is 5. The number of rotatable bonds is 8. The Morgan fingerprint density at radius 1 is 1.18 bits per heavy atom. The van der Waals surface area contributed by atoms with Crippen LogP contribution in [0.4, 0.5) is 5.82 Å². The molecule has 1 fully saturated rings. The van der Waals surface area contributed by atoms with Gasteiger partial charge in [-0.1, -0.05) is 49.0 Å². The quantitative estimate of drug-likeness (QED) is 0.554. The number of hydrogen-bond acceptors (Lipinski definition) is 8. The number of pyridine rings is 1. The van der Waals surface area contributed by atoms with Crippen LogP contribution in [0.2, 0.25) is 0 Å². The number of hydrogen-bond donors (Lipinski definition) is 2. The van der Waals surface area contributed by atoms with Crippen molar-refractivity contribution >= 4 is 23.5 Å². The number of carbonyl (C=O) groups is 1. The predicted molar refractivity (Wildman–Crippen MR) is 132 cm³/mol. The SMILES string of the molecule is CCc1c(C#N)c(SC(C(N)=O)c2ccccc2)nc(N2CCN(C(C)(C)CO)CC2)c1C#N. The number of anilines is 1. The first-order valence-corrected chi connectivity index (χ1v) is 12.1. The summed E-state index contributed by atoms with van der Waals surface area (Å²) in [7, 11) is 0. The number of aromatic nitrogens is 1. The van der Waals surface area contributed by atoms with Crippen molar-refractivity contribution in [1.29, 1.82) is 10.5 Å². The Balaban J connectivity index is 2.03. The van der Waals surface area contributed by atoms with E-state index in [1.54, 1.807) is 0 Å². The highest BCUT2D eigenvalue weighted by Gasteiger charge is 2.32. The second kappa shape index (κ2) is 10.9. The van der Waals surface area contributed by atoms with Gasteiger partial charge in [-0.05, 0) is 31.4 Å². The highest BCUT2D eigenvalue weighted by Crippen LogP contribution is 2.39. The normalized spacial score (nSPS) is 15.4. The van der Waals surface area contributed by atoms with Crippen LogP contribution >= 0.6 is 11.8 Å². The summed E-state index contributed by atoms with van der Waals surface area (Å²) in [4.78, 5) is 21.4. The van der Waals surface area contributed by atoms with E-state index >= 15 is 0 Å². The molecule has 1 amide bonds. The molecule has 1 aliphatic heterocycles. The van der Waals surface area contributed by atoms with E-state index in [0.29, 0.717) is 60.1 Å². The second-order valence-electron chi connectivity index (χ2n) is 8.80. The minimum atomic E-state index is -0.714. The molecule has 1 aromatic heterocycles. The number of amides is 1. The van der Waals surface area contributed by atoms with Gasteiger partial charge in [-0.15, -0.1) is 0 Å². The fourth-order valence-electron chi connectivity index (χ4n) is 4.15. The van der Waals surface area contributed by atoms with Gasteiger partial charge in [0, 0.05) is 31.7 Å². The topological polar surface area (TPSA) is 130 Å². The highest BCUT2D eigenvalue weighted by atomic mass is 32.2. The zero-order chi connectivity index (χ0) is 24.9. The molecule has 0 spiro atoms. The predicted octanol–water partition coefficient (Wildman–Crippen LogP) is 2.60. The summed E-state index contributed by atoms with van der Waals surface area (Å²) in [6.07, 6.45) is 0.485. The zero-order valence-electron chi connectivity index (χ0n) is 19.8. The van der Waals surface area contributed by atoms with Gasteiger partial charge in [0.25, 0.3) is 0 Å². The summed E-state index contributed by atoms with van der Waals surface area (Å²) >= 11 is 1.15. The van der Waals surface area contributed by atoms with Gasteiger partial charge in [0.2, 0.25) is 5.91 Å². The van der Waals surface area contributed by atoms with E-state index < -0.39 is 11.2 Å². The number of nitrogens with two attached hydrogens (primary N) is 1. The van der Waals surface area contributed by atoms with Crippen molar-refractivity contribution in [1.82, 2.24) is 9.88 Å². The van der Waals surface area contributed by atoms with E-state index in [1.807, 2.05) is 51.1 Å². The van der Waals surface area contributed by atoms with Crippen LogP contribution < -0.4 is 10.6 Å². The van der Waals surface area contributed by atoms with Crippen LogP contribution in [0.1, 0.15) is 48.3 Å². The average Bonchev–Trinajstić information content (AvgIpc) is 2.86. The van der Waals surface area contributed by atoms with Crippen molar-refractivity contribution in [3.63, 3.8) is 0 Å². The highest BCUT2D eigenvalue weighted by molar-refractivity contribution is 8.00. The number of benzene rings is 1. The van der Waals surface area contributed by atoms with Crippen molar-refractivity contribution < 1.29 is 9.90 Å². The molecule has 0 saturated carbocycles. The lowest BCUT2D eigenvalue weighted by atomic mass is 10.0. The van der Waals surface area contributed by atoms with Crippen molar-refractivity contribution in [3.8, 4) is 12.1 Å². The molecule has 0 radical (unpaired) electrons. The fraction of sp³-hybridized carbons (Fsp3) is 0.440. The molecule has 34 heavy (non-hydrogen) atoms. The van der Waals surface area contributed by atoms with Crippen molar-refractivity contribution in [2.45, 2.75) is 43.0 Å². The van der Waals surface area contributed by atoms with Crippen LogP contribution in [0.5, 0.6) is 0 Å². The molecule has 2 heterocycles. The molecule has 178 valence electrons. The number of aliphatic hydroxyl groups excluding tert-OH is 1. The first kappa shape index (κ1) is 25.5. The van der Waals surface area contributed by atoms with Gasteiger partial charge in [0.05, 0.1) is 17.7 Å². The van der Waals surface area contributed by atoms with Gasteiger partial charge < -0.3 is 15.7 Å². The number of piperazine rings is 1. The van der Waals surface area contributed by atoms with Crippen molar-refractivity contribution in [2.24, 2.45) is 5.73 Å². The van der Waals surface area contributed by atoms with E-state index in [0.717, 1.165) is 17.3 Å². The maximum absolute atomic E-state index is 12.3. The van der Waals surface area contributed by atoms with Crippen LogP contribution in [-0.2, 0) is 11.2 Å². The molecule has 9 heteroatoms. The number of aliphatic hydroxyl groups is 1. The number of thioether (sulfide) groups is 1. The average molecular weight is 479 g/mol. The molecule has 1 aliphatic rings. The van der Waals surface area contributed by atoms with Crippen LogP contribution in [0.3, 0.4) is 0 Å². The molecular weight excluding hydrogens is 448 g/mol. The third kappa shape index (κ3) is 5.18. The van der Waals surface area contributed by atoms with E-state index in [9.17, 15) is 20.4 Å². The molecule has 0 bridgehead atoms. The van der Waals surface area contributed by atoms with Gasteiger partial charge in [-0.3, -0.25) is 9.69 Å². The van der Waals surface area contributed by atoms with Gasteiger partial charge in [-0.25, -0.2) is 4.98 Å².